The molecule has 0 aromatic carbocycles. The summed E-state index contributed by atoms with van der Waals surface area (Å²) >= 11 is 0. The first-order chi connectivity index (χ1) is 7.25. The molecule has 0 saturated carbocycles. The summed E-state index contributed by atoms with van der Waals surface area (Å²) in [4.78, 5) is 23.6. The molecule has 0 spiro atoms. The topological polar surface area (TPSA) is 37.4 Å². The number of carbonyl (C=O) groups is 2. The summed E-state index contributed by atoms with van der Waals surface area (Å²) in [5.41, 5.74) is 0. The van der Waals surface area contributed by atoms with E-state index in [0.717, 1.165) is 25.0 Å². The lowest BCUT2D eigenvalue weighted by Crippen LogP contribution is -2.30. The summed E-state index contributed by atoms with van der Waals surface area (Å²) in [5, 5.41) is 0. The molecule has 1 aliphatic heterocycles. The van der Waals surface area contributed by atoms with Crippen LogP contribution in [0.4, 0.5) is 0 Å². The molecule has 3 nitrogen and oxygen atoms in total. The molecule has 0 aromatic heterocycles. The van der Waals surface area contributed by atoms with E-state index in [1.807, 2.05) is 10.8 Å². The van der Waals surface area contributed by atoms with E-state index in [1.54, 1.807) is 10.8 Å². The van der Waals surface area contributed by atoms with Gasteiger partial charge in [0, 0.05) is 24.4 Å². The summed E-state index contributed by atoms with van der Waals surface area (Å²) < 4.78 is 0. The summed E-state index contributed by atoms with van der Waals surface area (Å²) in [6, 6.07) is 0. The number of rotatable bonds is 7. The van der Waals surface area contributed by atoms with Crippen LogP contribution < -0.4 is 0 Å². The Kier molecular flexibility index (Phi) is 5.86. The van der Waals surface area contributed by atoms with Gasteiger partial charge in [-0.25, -0.2) is 0 Å². The number of imide groups is 1. The van der Waals surface area contributed by atoms with E-state index < -0.39 is 0 Å². The van der Waals surface area contributed by atoms with Crippen LogP contribution >= 0.6 is 21.6 Å². The van der Waals surface area contributed by atoms with Crippen LogP contribution in [-0.4, -0.2) is 35.3 Å². The monoisotopic (exact) mass is 245 g/mol. The standard InChI is InChI=1S/C10H15NO2S2/c1-14-15-8-4-2-3-7-11-9(12)5-6-10(11)13/h5-6H,2-4,7-8H2,1H3. The number of amides is 2. The van der Waals surface area contributed by atoms with Crippen molar-refractivity contribution >= 4 is 33.4 Å². The van der Waals surface area contributed by atoms with Crippen LogP contribution in [0.2, 0.25) is 0 Å². The van der Waals surface area contributed by atoms with Gasteiger partial charge < -0.3 is 0 Å². The van der Waals surface area contributed by atoms with E-state index in [0.29, 0.717) is 6.54 Å². The van der Waals surface area contributed by atoms with E-state index in [9.17, 15) is 9.59 Å². The molecule has 2 amide bonds. The molecule has 0 aromatic rings. The van der Waals surface area contributed by atoms with Crippen LogP contribution in [0.25, 0.3) is 0 Å². The summed E-state index contributed by atoms with van der Waals surface area (Å²) in [7, 11) is 3.62. The molecular weight excluding hydrogens is 230 g/mol. The van der Waals surface area contributed by atoms with Gasteiger partial charge in [0.25, 0.3) is 11.8 Å². The van der Waals surface area contributed by atoms with Crippen molar-refractivity contribution in [1.29, 1.82) is 0 Å². The normalized spacial score (nSPS) is 15.4. The smallest absolute Gasteiger partial charge is 0.253 e. The zero-order chi connectivity index (χ0) is 11.1. The van der Waals surface area contributed by atoms with Gasteiger partial charge in [-0.15, -0.1) is 0 Å². The zero-order valence-electron chi connectivity index (χ0n) is 8.77. The Hall–Kier alpha value is -0.420. The van der Waals surface area contributed by atoms with E-state index in [-0.39, 0.29) is 11.8 Å². The molecule has 1 aliphatic rings. The molecule has 1 heterocycles. The van der Waals surface area contributed by atoms with Gasteiger partial charge in [-0.1, -0.05) is 28.0 Å². The van der Waals surface area contributed by atoms with Crippen LogP contribution in [0.5, 0.6) is 0 Å². The maximum absolute atomic E-state index is 11.2. The molecule has 0 atom stereocenters. The van der Waals surface area contributed by atoms with Gasteiger partial charge in [0.2, 0.25) is 0 Å². The fourth-order valence-electron chi connectivity index (χ4n) is 1.34. The molecule has 0 N–H and O–H groups in total. The number of unbranched alkanes of at least 4 members (excludes halogenated alkanes) is 2. The fraction of sp³-hybridized carbons (Fsp3) is 0.600. The van der Waals surface area contributed by atoms with Crippen LogP contribution in [0.3, 0.4) is 0 Å². The third-order valence-corrected chi connectivity index (χ3v) is 4.03. The molecule has 0 radical (unpaired) electrons. The van der Waals surface area contributed by atoms with E-state index in [2.05, 4.69) is 6.26 Å². The lowest BCUT2D eigenvalue weighted by molar-refractivity contribution is -0.136. The molecule has 0 fully saturated rings. The second-order valence-corrected chi connectivity index (χ2v) is 5.90. The highest BCUT2D eigenvalue weighted by atomic mass is 33.1. The van der Waals surface area contributed by atoms with Crippen molar-refractivity contribution in [2.45, 2.75) is 19.3 Å². The Labute approximate surface area is 98.1 Å². The minimum absolute atomic E-state index is 0.168. The Balaban J connectivity index is 2.05. The van der Waals surface area contributed by atoms with Crippen molar-refractivity contribution in [2.75, 3.05) is 18.6 Å². The minimum atomic E-state index is -0.168. The highest BCUT2D eigenvalue weighted by Gasteiger charge is 2.21. The van der Waals surface area contributed by atoms with E-state index in [1.165, 1.54) is 17.1 Å². The van der Waals surface area contributed by atoms with Crippen LogP contribution in [0.1, 0.15) is 19.3 Å². The minimum Gasteiger partial charge on any atom is -0.275 e. The van der Waals surface area contributed by atoms with Gasteiger partial charge in [0.05, 0.1) is 0 Å². The molecule has 0 saturated heterocycles. The van der Waals surface area contributed by atoms with Gasteiger partial charge in [-0.05, 0) is 19.1 Å². The predicted molar refractivity (Wildman–Crippen MR) is 65.7 cm³/mol. The SMILES string of the molecule is CSSCCCCCN1C(=O)C=CC1=O. The van der Waals surface area contributed by atoms with Crippen molar-refractivity contribution < 1.29 is 9.59 Å². The third-order valence-electron chi connectivity index (χ3n) is 2.13. The Morgan fingerprint density at radius 1 is 1.13 bits per heavy atom. The van der Waals surface area contributed by atoms with Crippen LogP contribution in [0.15, 0.2) is 12.2 Å². The first-order valence-electron chi connectivity index (χ1n) is 4.95. The molecule has 0 aliphatic carbocycles. The quantitative estimate of drug-likeness (QED) is 0.391. The highest BCUT2D eigenvalue weighted by molar-refractivity contribution is 8.76. The number of hydrogen-bond donors (Lipinski definition) is 0. The lowest BCUT2D eigenvalue weighted by Gasteiger charge is -2.12. The maximum atomic E-state index is 11.2. The maximum Gasteiger partial charge on any atom is 0.253 e. The van der Waals surface area contributed by atoms with Gasteiger partial charge >= 0.3 is 0 Å². The van der Waals surface area contributed by atoms with Crippen molar-refractivity contribution in [1.82, 2.24) is 4.90 Å². The number of nitrogens with zero attached hydrogens (tertiary/aromatic N) is 1. The molecule has 0 unspecified atom stereocenters. The zero-order valence-corrected chi connectivity index (χ0v) is 10.4. The number of carbonyl (C=O) groups excluding carboxylic acids is 2. The van der Waals surface area contributed by atoms with Gasteiger partial charge in [0.15, 0.2) is 0 Å². The van der Waals surface area contributed by atoms with Crippen LogP contribution in [-0.2, 0) is 9.59 Å². The largest absolute Gasteiger partial charge is 0.275 e. The van der Waals surface area contributed by atoms with Crippen LogP contribution in [0, 0.1) is 0 Å². The average Bonchev–Trinajstić information content (AvgIpc) is 2.54. The lowest BCUT2D eigenvalue weighted by atomic mass is 10.2. The average molecular weight is 245 g/mol. The van der Waals surface area contributed by atoms with E-state index in [4.69, 9.17) is 0 Å². The molecule has 0 bridgehead atoms. The third kappa shape index (κ3) is 4.30. The first kappa shape index (κ1) is 12.6. The van der Waals surface area contributed by atoms with E-state index >= 15 is 0 Å². The molecule has 1 rings (SSSR count). The number of hydrogen-bond acceptors (Lipinski definition) is 4. The molecule has 5 heteroatoms. The summed E-state index contributed by atoms with van der Waals surface area (Å²) in [6.45, 7) is 0.564. The summed E-state index contributed by atoms with van der Waals surface area (Å²) in [6.07, 6.45) is 7.88. The second-order valence-electron chi connectivity index (χ2n) is 3.21. The van der Waals surface area contributed by atoms with Crippen molar-refractivity contribution in [3.63, 3.8) is 0 Å². The summed E-state index contributed by atoms with van der Waals surface area (Å²) in [5.74, 6) is 0.804. The molecule has 84 valence electrons. The fourth-order valence-corrected chi connectivity index (χ4v) is 2.68. The Morgan fingerprint density at radius 2 is 1.80 bits per heavy atom. The first-order valence-corrected chi connectivity index (χ1v) is 7.67. The van der Waals surface area contributed by atoms with Crippen molar-refractivity contribution in [2.24, 2.45) is 0 Å². The Bertz CT molecular complexity index is 248. The Morgan fingerprint density at radius 3 is 2.40 bits per heavy atom. The second kappa shape index (κ2) is 6.95. The highest BCUT2D eigenvalue weighted by Crippen LogP contribution is 2.18. The van der Waals surface area contributed by atoms with Gasteiger partial charge in [-0.2, -0.15) is 0 Å². The van der Waals surface area contributed by atoms with Crippen molar-refractivity contribution in [3.8, 4) is 0 Å². The van der Waals surface area contributed by atoms with Crippen molar-refractivity contribution in [3.05, 3.63) is 12.2 Å². The van der Waals surface area contributed by atoms with Gasteiger partial charge in [-0.3, -0.25) is 14.5 Å². The van der Waals surface area contributed by atoms with Gasteiger partial charge in [0.1, 0.15) is 0 Å². The predicted octanol–water partition coefficient (Wildman–Crippen LogP) is 2.09. The molecular formula is C10H15NO2S2. The molecule has 15 heavy (non-hydrogen) atoms.